The molecule has 0 aromatic heterocycles. The van der Waals surface area contributed by atoms with Gasteiger partial charge in [0.05, 0.1) is 5.75 Å². The van der Waals surface area contributed by atoms with Crippen molar-refractivity contribution in [2.24, 2.45) is 0 Å². The number of nitrogens with one attached hydrogen (secondary N) is 1. The van der Waals surface area contributed by atoms with Crippen molar-refractivity contribution in [3.05, 3.63) is 35.8 Å². The number of carbonyl (C=O) groups excluding carboxylic acids is 1. The summed E-state index contributed by atoms with van der Waals surface area (Å²) in [5.74, 6) is -0.634. The van der Waals surface area contributed by atoms with Crippen molar-refractivity contribution in [1.29, 1.82) is 0 Å². The van der Waals surface area contributed by atoms with E-state index in [1.807, 2.05) is 0 Å². The lowest BCUT2D eigenvalue weighted by atomic mass is 10.3. The quantitative estimate of drug-likeness (QED) is 0.768. The molecule has 1 amide bonds. The zero-order valence-electron chi connectivity index (χ0n) is 8.62. The first-order chi connectivity index (χ1) is 7.90. The van der Waals surface area contributed by atoms with Gasteiger partial charge < -0.3 is 10.1 Å². The summed E-state index contributed by atoms with van der Waals surface area (Å²) in [4.78, 5) is 11.0. The predicted molar refractivity (Wildman–Crippen MR) is 59.1 cm³/mol. The van der Waals surface area contributed by atoms with Crippen LogP contribution in [0.15, 0.2) is 35.8 Å². The van der Waals surface area contributed by atoms with Crippen LogP contribution in [0.5, 0.6) is 0 Å². The van der Waals surface area contributed by atoms with Crippen molar-refractivity contribution in [2.45, 2.75) is 12.8 Å². The third kappa shape index (κ3) is 5.48. The molecule has 94 valence electrons. The van der Waals surface area contributed by atoms with Gasteiger partial charge in [-0.25, -0.2) is 0 Å². The molecule has 0 heterocycles. The van der Waals surface area contributed by atoms with Gasteiger partial charge in [0.1, 0.15) is 5.76 Å². The highest BCUT2D eigenvalue weighted by atomic mass is 32.1. The van der Waals surface area contributed by atoms with Crippen molar-refractivity contribution >= 4 is 18.5 Å². The molecular formula is C10H10F3NO2S. The van der Waals surface area contributed by atoms with Gasteiger partial charge in [-0.3, -0.25) is 4.79 Å². The summed E-state index contributed by atoms with van der Waals surface area (Å²) in [6.45, 7) is 0. The average Bonchev–Trinajstić information content (AvgIpc) is 2.42. The van der Waals surface area contributed by atoms with E-state index in [2.05, 4.69) is 22.7 Å². The van der Waals surface area contributed by atoms with Gasteiger partial charge in [-0.1, -0.05) is 6.08 Å². The first-order valence-electron chi connectivity index (χ1n) is 4.64. The average molecular weight is 265 g/mol. The number of alkyl halides is 3. The molecule has 0 spiro atoms. The number of halogens is 3. The summed E-state index contributed by atoms with van der Waals surface area (Å²) in [5.41, 5.74) is 0.487. The Bertz CT molecular complexity index is 386. The zero-order valence-corrected chi connectivity index (χ0v) is 9.52. The monoisotopic (exact) mass is 265 g/mol. The molecule has 0 fully saturated rings. The van der Waals surface area contributed by atoms with E-state index in [0.29, 0.717) is 12.1 Å². The summed E-state index contributed by atoms with van der Waals surface area (Å²) >= 11 is 3.77. The SMILES string of the molecule is O=C(CS)NC1=CC=C(OC(F)(F)F)C=CC1. The Hall–Kier alpha value is -1.37. The first kappa shape index (κ1) is 13.7. The normalized spacial score (nSPS) is 15.8. The van der Waals surface area contributed by atoms with Crippen molar-refractivity contribution in [3.63, 3.8) is 0 Å². The fraction of sp³-hybridized carbons (Fsp3) is 0.300. The maximum Gasteiger partial charge on any atom is 0.573 e. The van der Waals surface area contributed by atoms with E-state index in [-0.39, 0.29) is 17.4 Å². The van der Waals surface area contributed by atoms with Gasteiger partial charge in [-0.2, -0.15) is 12.6 Å². The number of hydrogen-bond donors (Lipinski definition) is 2. The van der Waals surface area contributed by atoms with Gasteiger partial charge in [0.15, 0.2) is 0 Å². The Morgan fingerprint density at radius 3 is 2.76 bits per heavy atom. The Kier molecular flexibility index (Phi) is 4.68. The molecule has 7 heteroatoms. The Labute approximate surface area is 101 Å². The molecule has 1 aliphatic rings. The Morgan fingerprint density at radius 1 is 1.47 bits per heavy atom. The number of carbonyl (C=O) groups is 1. The van der Waals surface area contributed by atoms with E-state index >= 15 is 0 Å². The topological polar surface area (TPSA) is 38.3 Å². The van der Waals surface area contributed by atoms with E-state index in [1.165, 1.54) is 18.2 Å². The minimum Gasteiger partial charge on any atom is -0.406 e. The summed E-state index contributed by atoms with van der Waals surface area (Å²) < 4.78 is 39.6. The molecule has 0 bridgehead atoms. The smallest absolute Gasteiger partial charge is 0.406 e. The van der Waals surface area contributed by atoms with Crippen molar-refractivity contribution < 1.29 is 22.7 Å². The summed E-state index contributed by atoms with van der Waals surface area (Å²) in [6.07, 6.45) is 0.774. The second-order valence-corrected chi connectivity index (χ2v) is 3.44. The highest BCUT2D eigenvalue weighted by Gasteiger charge is 2.31. The van der Waals surface area contributed by atoms with Crippen LogP contribution in [0.4, 0.5) is 13.2 Å². The molecule has 0 aliphatic heterocycles. The number of allylic oxidation sites excluding steroid dienone is 4. The van der Waals surface area contributed by atoms with Gasteiger partial charge in [0.25, 0.3) is 0 Å². The van der Waals surface area contributed by atoms with Gasteiger partial charge in [-0.15, -0.1) is 13.2 Å². The van der Waals surface area contributed by atoms with Crippen LogP contribution in [0.2, 0.25) is 0 Å². The molecule has 0 aromatic rings. The molecule has 0 unspecified atom stereocenters. The Balaban J connectivity index is 2.69. The number of rotatable bonds is 3. The molecule has 1 rings (SSSR count). The molecular weight excluding hydrogens is 255 g/mol. The van der Waals surface area contributed by atoms with E-state index in [4.69, 9.17) is 0 Å². The van der Waals surface area contributed by atoms with E-state index < -0.39 is 6.36 Å². The Morgan fingerprint density at radius 2 is 2.18 bits per heavy atom. The van der Waals surface area contributed by atoms with Crippen LogP contribution in [0.1, 0.15) is 6.42 Å². The van der Waals surface area contributed by atoms with E-state index in [0.717, 1.165) is 6.08 Å². The van der Waals surface area contributed by atoms with Crippen LogP contribution < -0.4 is 5.32 Å². The van der Waals surface area contributed by atoms with Crippen LogP contribution in [-0.4, -0.2) is 18.0 Å². The van der Waals surface area contributed by atoms with Crippen molar-refractivity contribution in [1.82, 2.24) is 5.32 Å². The largest absolute Gasteiger partial charge is 0.573 e. The maximum atomic E-state index is 11.9. The second-order valence-electron chi connectivity index (χ2n) is 3.12. The number of hydrogen-bond acceptors (Lipinski definition) is 3. The lowest BCUT2D eigenvalue weighted by Crippen LogP contribution is -2.23. The summed E-state index contributed by atoms with van der Waals surface area (Å²) in [5, 5.41) is 2.51. The van der Waals surface area contributed by atoms with Gasteiger partial charge in [0.2, 0.25) is 5.91 Å². The molecule has 3 nitrogen and oxygen atoms in total. The lowest BCUT2D eigenvalue weighted by Gasteiger charge is -2.08. The van der Waals surface area contributed by atoms with Gasteiger partial charge in [-0.05, 0) is 18.2 Å². The third-order valence-electron chi connectivity index (χ3n) is 1.75. The number of ether oxygens (including phenoxy) is 1. The molecule has 1 N–H and O–H groups in total. The summed E-state index contributed by atoms with van der Waals surface area (Å²) in [7, 11) is 0. The standard InChI is InChI=1S/C10H10F3NO2S/c11-10(12,13)16-8-3-1-2-7(4-5-8)14-9(15)6-17/h1,3-5,17H,2,6H2,(H,14,15). The second kappa shape index (κ2) is 5.81. The highest BCUT2D eigenvalue weighted by molar-refractivity contribution is 7.81. The fourth-order valence-electron chi connectivity index (χ4n) is 1.12. The molecule has 0 saturated carbocycles. The number of amides is 1. The lowest BCUT2D eigenvalue weighted by molar-refractivity contribution is -0.303. The van der Waals surface area contributed by atoms with Crippen LogP contribution in [0, 0.1) is 0 Å². The van der Waals surface area contributed by atoms with Crippen LogP contribution in [0.25, 0.3) is 0 Å². The number of thiol groups is 1. The minimum absolute atomic E-state index is 0.0106. The van der Waals surface area contributed by atoms with Crippen LogP contribution in [-0.2, 0) is 9.53 Å². The fourth-order valence-corrected chi connectivity index (χ4v) is 1.20. The third-order valence-corrected chi connectivity index (χ3v) is 2.03. The minimum atomic E-state index is -4.72. The van der Waals surface area contributed by atoms with E-state index in [9.17, 15) is 18.0 Å². The summed E-state index contributed by atoms with van der Waals surface area (Å²) in [6, 6.07) is 0. The maximum absolute atomic E-state index is 11.9. The molecule has 0 radical (unpaired) electrons. The van der Waals surface area contributed by atoms with Gasteiger partial charge >= 0.3 is 6.36 Å². The van der Waals surface area contributed by atoms with Crippen molar-refractivity contribution in [2.75, 3.05) is 5.75 Å². The van der Waals surface area contributed by atoms with E-state index in [1.54, 1.807) is 0 Å². The van der Waals surface area contributed by atoms with Crippen LogP contribution in [0.3, 0.4) is 0 Å². The molecule has 1 aliphatic carbocycles. The van der Waals surface area contributed by atoms with Crippen molar-refractivity contribution in [3.8, 4) is 0 Å². The van der Waals surface area contributed by atoms with Crippen LogP contribution >= 0.6 is 12.6 Å². The molecule has 0 atom stereocenters. The molecule has 17 heavy (non-hydrogen) atoms. The molecule has 0 aromatic carbocycles. The zero-order chi connectivity index (χ0) is 12.9. The first-order valence-corrected chi connectivity index (χ1v) is 5.28. The molecule has 0 saturated heterocycles. The highest BCUT2D eigenvalue weighted by Crippen LogP contribution is 2.22. The van der Waals surface area contributed by atoms with Gasteiger partial charge in [0, 0.05) is 12.1 Å². The predicted octanol–water partition coefficient (Wildman–Crippen LogP) is 2.30.